The first-order valence-electron chi connectivity index (χ1n) is 7.71. The molecule has 0 bridgehead atoms. The summed E-state index contributed by atoms with van der Waals surface area (Å²) in [4.78, 5) is 27.9. The van der Waals surface area contributed by atoms with Crippen LogP contribution in [0.25, 0.3) is 0 Å². The molecule has 1 N–H and O–H groups in total. The van der Waals surface area contributed by atoms with E-state index in [-0.39, 0.29) is 11.9 Å². The number of carboxylic acid groups (broad SMARTS) is 1. The molecule has 1 saturated carbocycles. The highest BCUT2D eigenvalue weighted by Gasteiger charge is 2.49. The molecule has 2 amide bonds. The van der Waals surface area contributed by atoms with Gasteiger partial charge in [-0.3, -0.25) is 4.79 Å². The maximum absolute atomic E-state index is 12.6. The minimum absolute atomic E-state index is 0.0399. The number of rotatable bonds is 5. The molecule has 1 aliphatic carbocycles. The van der Waals surface area contributed by atoms with Gasteiger partial charge in [0.15, 0.2) is 0 Å². The van der Waals surface area contributed by atoms with Crippen LogP contribution in [0.1, 0.15) is 46.5 Å². The summed E-state index contributed by atoms with van der Waals surface area (Å²) in [5, 5.41) is 9.55. The van der Waals surface area contributed by atoms with Crippen LogP contribution in [0.3, 0.4) is 0 Å². The number of urea groups is 1. The van der Waals surface area contributed by atoms with Crippen molar-refractivity contribution < 1.29 is 14.7 Å². The third-order valence-corrected chi connectivity index (χ3v) is 4.80. The number of amides is 2. The van der Waals surface area contributed by atoms with E-state index in [1.807, 2.05) is 18.7 Å². The van der Waals surface area contributed by atoms with E-state index in [4.69, 9.17) is 0 Å². The minimum atomic E-state index is -0.767. The van der Waals surface area contributed by atoms with Crippen molar-refractivity contribution in [3.05, 3.63) is 0 Å². The monoisotopic (exact) mass is 282 g/mol. The standard InChI is InChI=1S/C15H26N2O3/c1-4-8-17(12-5-6-12)14(20)16-9-7-15(10-16,11(2)3)13(18)19/h11-12H,4-10H2,1-3H3,(H,18,19). The average Bonchev–Trinajstić information content (AvgIpc) is 3.11. The third-order valence-electron chi connectivity index (χ3n) is 4.80. The first-order chi connectivity index (χ1) is 9.42. The van der Waals surface area contributed by atoms with Crippen molar-refractivity contribution in [3.8, 4) is 0 Å². The van der Waals surface area contributed by atoms with Crippen molar-refractivity contribution in [1.29, 1.82) is 0 Å². The number of nitrogens with zero attached hydrogens (tertiary/aromatic N) is 2. The van der Waals surface area contributed by atoms with Gasteiger partial charge in [0.1, 0.15) is 0 Å². The van der Waals surface area contributed by atoms with Crippen LogP contribution in [0.15, 0.2) is 0 Å². The zero-order chi connectivity index (χ0) is 14.9. The van der Waals surface area contributed by atoms with Crippen LogP contribution in [-0.2, 0) is 4.79 Å². The normalized spacial score (nSPS) is 26.1. The summed E-state index contributed by atoms with van der Waals surface area (Å²) < 4.78 is 0. The van der Waals surface area contributed by atoms with Crippen LogP contribution in [0.4, 0.5) is 4.79 Å². The summed E-state index contributed by atoms with van der Waals surface area (Å²) in [7, 11) is 0. The number of likely N-dealkylation sites (tertiary alicyclic amines) is 1. The van der Waals surface area contributed by atoms with Gasteiger partial charge in [0.2, 0.25) is 0 Å². The van der Waals surface area contributed by atoms with Gasteiger partial charge in [0.05, 0.1) is 5.41 Å². The Morgan fingerprint density at radius 2 is 2.05 bits per heavy atom. The summed E-state index contributed by atoms with van der Waals surface area (Å²) in [6, 6.07) is 0.430. The largest absolute Gasteiger partial charge is 0.481 e. The van der Waals surface area contributed by atoms with Crippen LogP contribution in [0.2, 0.25) is 0 Å². The Morgan fingerprint density at radius 1 is 1.40 bits per heavy atom. The predicted octanol–water partition coefficient (Wildman–Crippen LogP) is 2.41. The van der Waals surface area contributed by atoms with Gasteiger partial charge in [-0.15, -0.1) is 0 Å². The molecule has 1 unspecified atom stereocenters. The maximum atomic E-state index is 12.6. The summed E-state index contributed by atoms with van der Waals surface area (Å²) in [5.41, 5.74) is -0.767. The Kier molecular flexibility index (Phi) is 4.25. The molecule has 20 heavy (non-hydrogen) atoms. The molecule has 0 aromatic heterocycles. The molecule has 1 heterocycles. The van der Waals surface area contributed by atoms with Gasteiger partial charge in [0.25, 0.3) is 0 Å². The molecular formula is C15H26N2O3. The molecule has 0 aromatic carbocycles. The first-order valence-corrected chi connectivity index (χ1v) is 7.71. The second-order valence-corrected chi connectivity index (χ2v) is 6.49. The van der Waals surface area contributed by atoms with E-state index in [9.17, 15) is 14.7 Å². The molecule has 2 rings (SSSR count). The molecule has 2 fully saturated rings. The van der Waals surface area contributed by atoms with E-state index >= 15 is 0 Å². The molecule has 5 heteroatoms. The highest BCUT2D eigenvalue weighted by molar-refractivity contribution is 5.80. The zero-order valence-corrected chi connectivity index (χ0v) is 12.8. The lowest BCUT2D eigenvalue weighted by atomic mass is 9.76. The summed E-state index contributed by atoms with van der Waals surface area (Å²) in [6.45, 7) is 7.64. The molecule has 0 aromatic rings. The van der Waals surface area contributed by atoms with E-state index in [0.29, 0.717) is 25.6 Å². The lowest BCUT2D eigenvalue weighted by molar-refractivity contribution is -0.150. The molecule has 1 aliphatic heterocycles. The van der Waals surface area contributed by atoms with Crippen molar-refractivity contribution in [2.24, 2.45) is 11.3 Å². The minimum Gasteiger partial charge on any atom is -0.481 e. The molecule has 0 spiro atoms. The van der Waals surface area contributed by atoms with Crippen molar-refractivity contribution in [3.63, 3.8) is 0 Å². The van der Waals surface area contributed by atoms with Gasteiger partial charge < -0.3 is 14.9 Å². The molecule has 114 valence electrons. The van der Waals surface area contributed by atoms with Crippen molar-refractivity contribution in [1.82, 2.24) is 9.80 Å². The van der Waals surface area contributed by atoms with E-state index in [1.165, 1.54) is 0 Å². The Bertz CT molecular complexity index is 393. The second-order valence-electron chi connectivity index (χ2n) is 6.49. The number of hydrogen-bond donors (Lipinski definition) is 1. The quantitative estimate of drug-likeness (QED) is 0.842. The van der Waals surface area contributed by atoms with Crippen LogP contribution in [0, 0.1) is 11.3 Å². The van der Waals surface area contributed by atoms with Crippen LogP contribution < -0.4 is 0 Å². The third kappa shape index (κ3) is 2.63. The first kappa shape index (κ1) is 15.1. The van der Waals surface area contributed by atoms with Crippen molar-refractivity contribution in [2.45, 2.75) is 52.5 Å². The second kappa shape index (κ2) is 5.62. The molecule has 5 nitrogen and oxygen atoms in total. The summed E-state index contributed by atoms with van der Waals surface area (Å²) in [6.07, 6.45) is 3.70. The van der Waals surface area contributed by atoms with E-state index in [2.05, 4.69) is 6.92 Å². The highest BCUT2D eigenvalue weighted by atomic mass is 16.4. The number of hydrogen-bond acceptors (Lipinski definition) is 2. The Balaban J connectivity index is 2.07. The fourth-order valence-corrected chi connectivity index (χ4v) is 3.13. The molecular weight excluding hydrogens is 256 g/mol. The van der Waals surface area contributed by atoms with Crippen LogP contribution >= 0.6 is 0 Å². The van der Waals surface area contributed by atoms with Gasteiger partial charge in [-0.25, -0.2) is 4.79 Å². The van der Waals surface area contributed by atoms with Crippen molar-refractivity contribution >= 4 is 12.0 Å². The Hall–Kier alpha value is -1.26. The van der Waals surface area contributed by atoms with Crippen LogP contribution in [0.5, 0.6) is 0 Å². The van der Waals surface area contributed by atoms with Crippen molar-refractivity contribution in [2.75, 3.05) is 19.6 Å². The predicted molar refractivity (Wildman–Crippen MR) is 76.5 cm³/mol. The lowest BCUT2D eigenvalue weighted by Crippen LogP contribution is -2.46. The van der Waals surface area contributed by atoms with E-state index in [1.54, 1.807) is 4.90 Å². The lowest BCUT2D eigenvalue weighted by Gasteiger charge is -2.31. The Morgan fingerprint density at radius 3 is 2.45 bits per heavy atom. The molecule has 1 atom stereocenters. The van der Waals surface area contributed by atoms with Gasteiger partial charge in [-0.05, 0) is 31.6 Å². The molecule has 0 radical (unpaired) electrons. The fourth-order valence-electron chi connectivity index (χ4n) is 3.13. The Labute approximate surface area is 120 Å². The smallest absolute Gasteiger partial charge is 0.320 e. The number of aliphatic carboxylic acids is 1. The SMILES string of the molecule is CCCN(C(=O)N1CCC(C(=O)O)(C(C)C)C1)C1CC1. The fraction of sp³-hybridized carbons (Fsp3) is 0.867. The van der Waals surface area contributed by atoms with Crippen LogP contribution in [-0.4, -0.2) is 52.6 Å². The number of carbonyl (C=O) groups excluding carboxylic acids is 1. The van der Waals surface area contributed by atoms with E-state index in [0.717, 1.165) is 25.8 Å². The topological polar surface area (TPSA) is 60.9 Å². The molecule has 2 aliphatic rings. The van der Waals surface area contributed by atoms with Gasteiger partial charge in [-0.2, -0.15) is 0 Å². The average molecular weight is 282 g/mol. The van der Waals surface area contributed by atoms with Gasteiger partial charge in [-0.1, -0.05) is 20.8 Å². The summed E-state index contributed by atoms with van der Waals surface area (Å²) in [5.74, 6) is -0.727. The number of carboxylic acids is 1. The maximum Gasteiger partial charge on any atom is 0.320 e. The van der Waals surface area contributed by atoms with E-state index < -0.39 is 11.4 Å². The van der Waals surface area contributed by atoms with Gasteiger partial charge in [0, 0.05) is 25.7 Å². The molecule has 1 saturated heterocycles. The number of carbonyl (C=O) groups is 2. The van der Waals surface area contributed by atoms with Gasteiger partial charge >= 0.3 is 12.0 Å². The highest BCUT2D eigenvalue weighted by Crippen LogP contribution is 2.39. The summed E-state index contributed by atoms with van der Waals surface area (Å²) >= 11 is 0. The zero-order valence-electron chi connectivity index (χ0n) is 12.8.